The second-order valence-electron chi connectivity index (χ2n) is 17.8. The molecule has 3 fully saturated rings. The molecule has 6 aromatic rings. The van der Waals surface area contributed by atoms with Crippen molar-refractivity contribution in [2.45, 2.75) is 51.7 Å². The van der Waals surface area contributed by atoms with Crippen LogP contribution in [0.2, 0.25) is 0 Å². The lowest BCUT2D eigenvalue weighted by Gasteiger charge is -2.35. The molecular weight excluding hydrogens is 908 g/mol. The normalized spacial score (nSPS) is 17.6. The van der Waals surface area contributed by atoms with Crippen LogP contribution >= 0.6 is 0 Å². The SMILES string of the molecule is COc1ccc(COc2c(F)cc(C(=O)NC[C@H]3CC[C@H](n4cc5ccc(-c6cnc(OCCN7CCN(C(=O)c8ccc(C)c(N9CCC(=O)NC9=O)c8)CC7)nc6)cc5n4)CC3)c(F)c2F)cc1. The van der Waals surface area contributed by atoms with Crippen molar-refractivity contribution >= 4 is 40.3 Å². The van der Waals surface area contributed by atoms with Gasteiger partial charge >= 0.3 is 12.0 Å². The first-order valence-electron chi connectivity index (χ1n) is 23.3. The highest BCUT2D eigenvalue weighted by Crippen LogP contribution is 2.34. The number of carbonyl (C=O) groups is 4. The molecule has 3 aliphatic rings. The molecule has 0 atom stereocenters. The summed E-state index contributed by atoms with van der Waals surface area (Å²) >= 11 is 0. The fourth-order valence-corrected chi connectivity index (χ4v) is 9.09. The third-order valence-electron chi connectivity index (χ3n) is 13.2. The number of ether oxygens (including phenoxy) is 3. The Morgan fingerprint density at radius 2 is 1.60 bits per heavy atom. The fourth-order valence-electron chi connectivity index (χ4n) is 9.09. The van der Waals surface area contributed by atoms with Crippen LogP contribution in [0.25, 0.3) is 22.0 Å². The molecule has 0 bridgehead atoms. The van der Waals surface area contributed by atoms with E-state index in [9.17, 15) is 28.0 Å². The number of nitrogens with one attached hydrogen (secondary N) is 2. The van der Waals surface area contributed by atoms with Crippen molar-refractivity contribution in [2.24, 2.45) is 5.92 Å². The Hall–Kier alpha value is -7.54. The van der Waals surface area contributed by atoms with Gasteiger partial charge in [-0.3, -0.25) is 34.2 Å². The van der Waals surface area contributed by atoms with Crippen LogP contribution in [0.1, 0.15) is 70.0 Å². The minimum Gasteiger partial charge on any atom is -0.497 e. The van der Waals surface area contributed by atoms with Crippen molar-refractivity contribution in [2.75, 3.05) is 64.4 Å². The molecule has 0 unspecified atom stereocenters. The Labute approximate surface area is 401 Å². The van der Waals surface area contributed by atoms with Crippen molar-refractivity contribution < 1.29 is 46.6 Å². The number of benzene rings is 4. The van der Waals surface area contributed by atoms with Crippen molar-refractivity contribution in [3.8, 4) is 28.6 Å². The Balaban J connectivity index is 0.706. The lowest BCUT2D eigenvalue weighted by molar-refractivity contribution is -0.120. The number of nitrogens with zero attached hydrogens (tertiary/aromatic N) is 7. The number of imide groups is 1. The first-order valence-corrected chi connectivity index (χ1v) is 23.3. The first-order chi connectivity index (χ1) is 33.9. The van der Waals surface area contributed by atoms with Gasteiger partial charge in [0.1, 0.15) is 19.0 Å². The number of hydrogen-bond acceptors (Lipinski definition) is 11. The van der Waals surface area contributed by atoms with Gasteiger partial charge < -0.3 is 24.4 Å². The van der Waals surface area contributed by atoms with E-state index in [1.54, 1.807) is 53.7 Å². The topological polar surface area (TPSA) is 173 Å². The summed E-state index contributed by atoms with van der Waals surface area (Å²) in [4.78, 5) is 64.9. The quantitative estimate of drug-likeness (QED) is 0.0993. The maximum atomic E-state index is 15.0. The zero-order valence-electron chi connectivity index (χ0n) is 38.8. The number of hydrogen-bond donors (Lipinski definition) is 2. The van der Waals surface area contributed by atoms with E-state index in [1.807, 2.05) is 42.1 Å². The number of amides is 5. The fraction of sp³-hybridized carbons (Fsp3) is 0.353. The van der Waals surface area contributed by atoms with E-state index >= 15 is 4.39 Å². The van der Waals surface area contributed by atoms with E-state index in [2.05, 4.69) is 25.5 Å². The number of urea groups is 1. The predicted octanol–water partition coefficient (Wildman–Crippen LogP) is 7.25. The molecule has 4 aromatic carbocycles. The number of anilines is 1. The van der Waals surface area contributed by atoms with Crippen LogP contribution < -0.4 is 29.7 Å². The summed E-state index contributed by atoms with van der Waals surface area (Å²) in [6, 6.07) is 18.5. The van der Waals surface area contributed by atoms with Gasteiger partial charge in [0.25, 0.3) is 11.8 Å². The molecule has 4 heterocycles. The summed E-state index contributed by atoms with van der Waals surface area (Å²) < 4.78 is 63.1. The highest BCUT2D eigenvalue weighted by atomic mass is 19.2. The van der Waals surface area contributed by atoms with E-state index in [0.29, 0.717) is 68.0 Å². The van der Waals surface area contributed by atoms with Crippen molar-refractivity contribution in [3.63, 3.8) is 0 Å². The molecule has 0 spiro atoms. The number of aryl methyl sites for hydroxylation is 1. The lowest BCUT2D eigenvalue weighted by atomic mass is 9.86. The number of rotatable bonds is 15. The average Bonchev–Trinajstić information content (AvgIpc) is 3.81. The zero-order chi connectivity index (χ0) is 48.9. The average molecular weight is 960 g/mol. The molecule has 2 aromatic heterocycles. The third kappa shape index (κ3) is 10.7. The number of piperazine rings is 1. The molecule has 19 heteroatoms. The predicted molar refractivity (Wildman–Crippen MR) is 252 cm³/mol. The number of fused-ring (bicyclic) bond motifs is 1. The van der Waals surface area contributed by atoms with Gasteiger partial charge in [-0.25, -0.2) is 23.5 Å². The Bertz CT molecular complexity index is 2900. The van der Waals surface area contributed by atoms with E-state index in [4.69, 9.17) is 19.3 Å². The van der Waals surface area contributed by atoms with Gasteiger partial charge in [-0.1, -0.05) is 30.3 Å². The Kier molecular flexibility index (Phi) is 14.2. The summed E-state index contributed by atoms with van der Waals surface area (Å²) in [5, 5.41) is 10.9. The van der Waals surface area contributed by atoms with Crippen molar-refractivity contribution in [1.82, 2.24) is 40.2 Å². The van der Waals surface area contributed by atoms with Crippen LogP contribution in [0.4, 0.5) is 23.7 Å². The molecule has 2 N–H and O–H groups in total. The Morgan fingerprint density at radius 3 is 2.33 bits per heavy atom. The van der Waals surface area contributed by atoms with Crippen LogP contribution in [0.5, 0.6) is 17.5 Å². The highest BCUT2D eigenvalue weighted by Gasteiger charge is 2.29. The molecule has 2 aliphatic heterocycles. The molecule has 70 heavy (non-hydrogen) atoms. The van der Waals surface area contributed by atoms with Crippen LogP contribution in [-0.2, 0) is 11.4 Å². The van der Waals surface area contributed by atoms with Gasteiger partial charge in [0, 0.05) is 93.0 Å². The molecule has 1 saturated carbocycles. The maximum absolute atomic E-state index is 15.0. The molecule has 16 nitrogen and oxygen atoms in total. The standard InChI is InChI=1S/C51H52F3N9O7/c1-31-3-8-35(24-43(31)62-16-15-44(64)58-51(62)67)49(66)61-19-17-60(18-20-61)21-22-69-50-56-27-37(28-57-50)34-9-10-36-29-63(59-42(36)23-34)38-11-4-32(5-12-38)26-55-48(65)40-25-41(52)47(46(54)45(40)53)70-30-33-6-13-39(68-2)14-7-33/h3,6-10,13-14,23-25,27-29,32,38H,4-5,11-12,15-22,26,30H2,1-2H3,(H,55,65)(H,58,64,67)/t32-,38-. The summed E-state index contributed by atoms with van der Waals surface area (Å²) in [6.07, 6.45) is 8.80. The summed E-state index contributed by atoms with van der Waals surface area (Å²) in [5.74, 6) is -5.73. The van der Waals surface area contributed by atoms with Gasteiger partial charge in [0.2, 0.25) is 11.7 Å². The van der Waals surface area contributed by atoms with Gasteiger partial charge in [0.05, 0.1) is 24.2 Å². The third-order valence-corrected chi connectivity index (χ3v) is 13.2. The Morgan fingerprint density at radius 1 is 0.843 bits per heavy atom. The second-order valence-corrected chi connectivity index (χ2v) is 17.8. The number of halogens is 3. The first kappa shape index (κ1) is 47.5. The number of methoxy groups -OCH3 is 1. The number of carbonyl (C=O) groups excluding carboxylic acids is 4. The van der Waals surface area contributed by atoms with Crippen LogP contribution in [0.15, 0.2) is 85.3 Å². The van der Waals surface area contributed by atoms with Crippen molar-refractivity contribution in [1.29, 1.82) is 0 Å². The van der Waals surface area contributed by atoms with Gasteiger partial charge in [-0.15, -0.1) is 0 Å². The highest BCUT2D eigenvalue weighted by molar-refractivity contribution is 6.06. The molecule has 0 radical (unpaired) electrons. The molecule has 5 amide bonds. The van der Waals surface area contributed by atoms with Crippen LogP contribution in [-0.4, -0.2) is 113 Å². The van der Waals surface area contributed by atoms with Crippen LogP contribution in [0, 0.1) is 30.3 Å². The van der Waals surface area contributed by atoms with Gasteiger partial charge in [0.15, 0.2) is 17.4 Å². The minimum absolute atomic E-state index is 0.0940. The molecular formula is C51H52F3N9O7. The maximum Gasteiger partial charge on any atom is 0.328 e. The molecule has 364 valence electrons. The van der Waals surface area contributed by atoms with Gasteiger partial charge in [-0.2, -0.15) is 9.49 Å². The summed E-state index contributed by atoms with van der Waals surface area (Å²) in [5.41, 5.74) is 4.34. The van der Waals surface area contributed by atoms with Gasteiger partial charge in [-0.05, 0) is 91.6 Å². The largest absolute Gasteiger partial charge is 0.497 e. The molecule has 1 aliphatic carbocycles. The smallest absolute Gasteiger partial charge is 0.328 e. The van der Waals surface area contributed by atoms with Crippen molar-refractivity contribution in [3.05, 3.63) is 125 Å². The second kappa shape index (κ2) is 21.0. The van der Waals surface area contributed by atoms with E-state index in [0.717, 1.165) is 53.3 Å². The molecule has 9 rings (SSSR count). The van der Waals surface area contributed by atoms with E-state index < -0.39 is 40.7 Å². The summed E-state index contributed by atoms with van der Waals surface area (Å²) in [6.45, 7) is 5.57. The number of aromatic nitrogens is 4. The molecule has 2 saturated heterocycles. The van der Waals surface area contributed by atoms with E-state index in [1.165, 1.54) is 12.0 Å². The minimum atomic E-state index is -1.56. The monoisotopic (exact) mass is 959 g/mol. The van der Waals surface area contributed by atoms with E-state index in [-0.39, 0.29) is 55.9 Å². The lowest BCUT2D eigenvalue weighted by Crippen LogP contribution is -2.50. The zero-order valence-corrected chi connectivity index (χ0v) is 38.8. The van der Waals surface area contributed by atoms with Crippen LogP contribution in [0.3, 0.4) is 0 Å². The summed E-state index contributed by atoms with van der Waals surface area (Å²) in [7, 11) is 1.51.